The third kappa shape index (κ3) is 1.49. The van der Waals surface area contributed by atoms with Gasteiger partial charge in [0.05, 0.1) is 15.5 Å². The molecular formula is C6H10IN3. The van der Waals surface area contributed by atoms with E-state index in [1.807, 2.05) is 17.9 Å². The standard InChI is InChI=1S/C6H10IN3/c1-10-6(2-3-8)5(7)4-9-10/h4H,2-3,8H2,1H3. The summed E-state index contributed by atoms with van der Waals surface area (Å²) in [5.41, 5.74) is 6.64. The van der Waals surface area contributed by atoms with Gasteiger partial charge in [0.15, 0.2) is 0 Å². The first kappa shape index (κ1) is 8.00. The first-order valence-corrected chi connectivity index (χ1v) is 4.20. The van der Waals surface area contributed by atoms with Crippen LogP contribution >= 0.6 is 22.6 Å². The number of rotatable bonds is 2. The second-order valence-electron chi connectivity index (χ2n) is 2.10. The molecule has 0 atom stereocenters. The SMILES string of the molecule is Cn1ncc(I)c1CCN. The second-order valence-corrected chi connectivity index (χ2v) is 3.26. The molecule has 2 N–H and O–H groups in total. The summed E-state index contributed by atoms with van der Waals surface area (Å²) in [7, 11) is 1.94. The average molecular weight is 251 g/mol. The molecule has 0 aliphatic heterocycles. The Kier molecular flexibility index (Phi) is 2.67. The fraction of sp³-hybridized carbons (Fsp3) is 0.500. The Labute approximate surface area is 73.7 Å². The predicted molar refractivity (Wildman–Crippen MR) is 48.7 cm³/mol. The second kappa shape index (κ2) is 3.34. The van der Waals surface area contributed by atoms with Crippen LogP contribution in [0, 0.1) is 3.57 Å². The van der Waals surface area contributed by atoms with Crippen LogP contribution in [0.1, 0.15) is 5.69 Å². The lowest BCUT2D eigenvalue weighted by atomic mass is 10.3. The zero-order chi connectivity index (χ0) is 7.56. The van der Waals surface area contributed by atoms with E-state index < -0.39 is 0 Å². The van der Waals surface area contributed by atoms with Crippen LogP contribution in [-0.4, -0.2) is 16.3 Å². The van der Waals surface area contributed by atoms with Crippen molar-refractivity contribution in [3.05, 3.63) is 15.5 Å². The van der Waals surface area contributed by atoms with Gasteiger partial charge in [0.1, 0.15) is 0 Å². The van der Waals surface area contributed by atoms with E-state index in [9.17, 15) is 0 Å². The molecule has 0 spiro atoms. The first-order chi connectivity index (χ1) is 4.75. The molecule has 10 heavy (non-hydrogen) atoms. The lowest BCUT2D eigenvalue weighted by molar-refractivity contribution is 0.705. The molecule has 1 aromatic heterocycles. The highest BCUT2D eigenvalue weighted by molar-refractivity contribution is 14.1. The minimum Gasteiger partial charge on any atom is -0.330 e. The number of halogens is 1. The van der Waals surface area contributed by atoms with Gasteiger partial charge in [-0.2, -0.15) is 5.10 Å². The van der Waals surface area contributed by atoms with Gasteiger partial charge in [0.2, 0.25) is 0 Å². The molecule has 0 aliphatic carbocycles. The van der Waals surface area contributed by atoms with Gasteiger partial charge in [-0.1, -0.05) is 0 Å². The van der Waals surface area contributed by atoms with E-state index >= 15 is 0 Å². The van der Waals surface area contributed by atoms with Crippen molar-refractivity contribution in [3.63, 3.8) is 0 Å². The zero-order valence-corrected chi connectivity index (χ0v) is 8.00. The van der Waals surface area contributed by atoms with Gasteiger partial charge >= 0.3 is 0 Å². The van der Waals surface area contributed by atoms with Crippen molar-refractivity contribution < 1.29 is 0 Å². The van der Waals surface area contributed by atoms with Crippen molar-refractivity contribution >= 4 is 22.6 Å². The fourth-order valence-electron chi connectivity index (χ4n) is 0.854. The van der Waals surface area contributed by atoms with Crippen molar-refractivity contribution in [1.29, 1.82) is 0 Å². The molecule has 0 saturated carbocycles. The molecule has 3 nitrogen and oxygen atoms in total. The number of hydrogen-bond acceptors (Lipinski definition) is 2. The Balaban J connectivity index is 2.87. The molecule has 0 saturated heterocycles. The molecule has 0 amide bonds. The Bertz CT molecular complexity index is 199. The van der Waals surface area contributed by atoms with Crippen molar-refractivity contribution in [2.75, 3.05) is 6.54 Å². The number of nitrogens with zero attached hydrogens (tertiary/aromatic N) is 2. The molecule has 1 heterocycles. The summed E-state index contributed by atoms with van der Waals surface area (Å²) in [6, 6.07) is 0. The molecule has 1 aromatic rings. The highest BCUT2D eigenvalue weighted by atomic mass is 127. The summed E-state index contributed by atoms with van der Waals surface area (Å²) >= 11 is 2.27. The lowest BCUT2D eigenvalue weighted by Gasteiger charge is -1.98. The molecule has 0 fully saturated rings. The molecule has 4 heteroatoms. The van der Waals surface area contributed by atoms with Crippen molar-refractivity contribution in [1.82, 2.24) is 9.78 Å². The van der Waals surface area contributed by atoms with Crippen LogP contribution in [0.4, 0.5) is 0 Å². The number of hydrogen-bond donors (Lipinski definition) is 1. The van der Waals surface area contributed by atoms with Crippen molar-refractivity contribution in [3.8, 4) is 0 Å². The summed E-state index contributed by atoms with van der Waals surface area (Å²) in [5, 5.41) is 4.09. The van der Waals surface area contributed by atoms with E-state index in [1.165, 1.54) is 9.26 Å². The maximum Gasteiger partial charge on any atom is 0.0626 e. The Hall–Kier alpha value is -0.100. The average Bonchev–Trinajstić information content (AvgIpc) is 2.20. The summed E-state index contributed by atoms with van der Waals surface area (Å²) in [6.45, 7) is 0.690. The Morgan fingerprint density at radius 2 is 2.50 bits per heavy atom. The summed E-state index contributed by atoms with van der Waals surface area (Å²) in [6.07, 6.45) is 2.76. The summed E-state index contributed by atoms with van der Waals surface area (Å²) in [5.74, 6) is 0. The monoisotopic (exact) mass is 251 g/mol. The maximum atomic E-state index is 5.41. The van der Waals surface area contributed by atoms with Gasteiger partial charge in [0.25, 0.3) is 0 Å². The predicted octanol–water partition coefficient (Wildman–Crippen LogP) is 0.526. The Morgan fingerprint density at radius 1 is 1.80 bits per heavy atom. The highest BCUT2D eigenvalue weighted by Crippen LogP contribution is 2.09. The third-order valence-electron chi connectivity index (χ3n) is 1.39. The summed E-state index contributed by atoms with van der Waals surface area (Å²) < 4.78 is 3.07. The third-order valence-corrected chi connectivity index (χ3v) is 2.29. The molecule has 56 valence electrons. The first-order valence-electron chi connectivity index (χ1n) is 3.12. The smallest absolute Gasteiger partial charge is 0.0626 e. The van der Waals surface area contributed by atoms with Crippen LogP contribution in [0.2, 0.25) is 0 Å². The van der Waals surface area contributed by atoms with Crippen LogP contribution in [0.5, 0.6) is 0 Å². The normalized spacial score (nSPS) is 10.3. The number of nitrogens with two attached hydrogens (primary N) is 1. The van der Waals surface area contributed by atoms with Gasteiger partial charge in [-0.25, -0.2) is 0 Å². The van der Waals surface area contributed by atoms with Crippen LogP contribution < -0.4 is 5.73 Å². The van der Waals surface area contributed by atoms with Gasteiger partial charge in [0, 0.05) is 13.5 Å². The quantitative estimate of drug-likeness (QED) is 0.779. The number of aryl methyl sites for hydroxylation is 1. The van der Waals surface area contributed by atoms with Gasteiger partial charge < -0.3 is 5.73 Å². The Morgan fingerprint density at radius 3 is 2.90 bits per heavy atom. The van der Waals surface area contributed by atoms with E-state index in [2.05, 4.69) is 27.7 Å². The van der Waals surface area contributed by atoms with Gasteiger partial charge in [-0.3, -0.25) is 4.68 Å². The van der Waals surface area contributed by atoms with Crippen LogP contribution in [0.3, 0.4) is 0 Å². The molecule has 0 aromatic carbocycles. The van der Waals surface area contributed by atoms with Crippen LogP contribution in [0.15, 0.2) is 6.20 Å². The largest absolute Gasteiger partial charge is 0.330 e. The van der Waals surface area contributed by atoms with E-state index in [1.54, 1.807) is 0 Å². The van der Waals surface area contributed by atoms with Crippen LogP contribution in [0.25, 0.3) is 0 Å². The molecule has 1 rings (SSSR count). The van der Waals surface area contributed by atoms with Crippen LogP contribution in [-0.2, 0) is 13.5 Å². The molecular weight excluding hydrogens is 241 g/mol. The van der Waals surface area contributed by atoms with Crippen molar-refractivity contribution in [2.24, 2.45) is 12.8 Å². The molecule has 0 unspecified atom stereocenters. The van der Waals surface area contributed by atoms with Crippen molar-refractivity contribution in [2.45, 2.75) is 6.42 Å². The minimum absolute atomic E-state index is 0.690. The highest BCUT2D eigenvalue weighted by Gasteiger charge is 2.02. The zero-order valence-electron chi connectivity index (χ0n) is 5.84. The van der Waals surface area contributed by atoms with Gasteiger partial charge in [-0.05, 0) is 29.1 Å². The molecule has 0 radical (unpaired) electrons. The van der Waals surface area contributed by atoms with E-state index in [-0.39, 0.29) is 0 Å². The lowest BCUT2D eigenvalue weighted by Crippen LogP contribution is -2.08. The summed E-state index contributed by atoms with van der Waals surface area (Å²) in [4.78, 5) is 0. The van der Waals surface area contributed by atoms with E-state index in [4.69, 9.17) is 5.73 Å². The molecule has 0 aliphatic rings. The van der Waals surface area contributed by atoms with Gasteiger partial charge in [-0.15, -0.1) is 0 Å². The van der Waals surface area contributed by atoms with E-state index in [0.717, 1.165) is 6.42 Å². The topological polar surface area (TPSA) is 43.8 Å². The maximum absolute atomic E-state index is 5.41. The van der Waals surface area contributed by atoms with E-state index in [0.29, 0.717) is 6.54 Å². The number of aromatic nitrogens is 2. The fourth-order valence-corrected chi connectivity index (χ4v) is 1.60. The molecule has 0 bridgehead atoms. The minimum atomic E-state index is 0.690.